The smallest absolute Gasteiger partial charge is 0.230 e. The highest BCUT2D eigenvalue weighted by atomic mass is 32.2. The Hall–Kier alpha value is -2.86. The largest absolute Gasteiger partial charge is 0.497 e. The van der Waals surface area contributed by atoms with Crippen molar-refractivity contribution in [3.05, 3.63) is 41.6 Å². The Kier molecular flexibility index (Phi) is 6.47. The van der Waals surface area contributed by atoms with Crippen LogP contribution in [0.15, 0.2) is 35.6 Å². The van der Waals surface area contributed by atoms with Crippen LogP contribution in [-0.2, 0) is 21.6 Å². The van der Waals surface area contributed by atoms with Gasteiger partial charge in [0.05, 0.1) is 38.8 Å². The molecule has 4 heterocycles. The van der Waals surface area contributed by atoms with Gasteiger partial charge in [-0.25, -0.2) is 4.98 Å². The first-order valence-corrected chi connectivity index (χ1v) is 13.8. The van der Waals surface area contributed by atoms with E-state index in [0.29, 0.717) is 43.2 Å². The molecule has 3 aliphatic rings. The summed E-state index contributed by atoms with van der Waals surface area (Å²) in [6, 6.07) is 7.89. The van der Waals surface area contributed by atoms with Crippen LogP contribution in [0.3, 0.4) is 0 Å². The highest BCUT2D eigenvalue weighted by molar-refractivity contribution is 7.98. The second-order valence-electron chi connectivity index (χ2n) is 9.45. The molecule has 1 aliphatic carbocycles. The molecule has 2 fully saturated rings. The number of nitrogens with one attached hydrogen (secondary N) is 1. The topological polar surface area (TPSA) is 115 Å². The van der Waals surface area contributed by atoms with Crippen molar-refractivity contribution in [2.24, 2.45) is 0 Å². The van der Waals surface area contributed by atoms with Gasteiger partial charge in [0, 0.05) is 25.1 Å². The molecule has 0 radical (unpaired) electrons. The van der Waals surface area contributed by atoms with Gasteiger partial charge in [-0.2, -0.15) is 10.1 Å². The minimum Gasteiger partial charge on any atom is -0.497 e. The summed E-state index contributed by atoms with van der Waals surface area (Å²) in [5.74, 6) is 1.07. The number of thioether (sulfide) groups is 1. The molecular formula is C26H31N5O5S. The van der Waals surface area contributed by atoms with Gasteiger partial charge >= 0.3 is 0 Å². The Labute approximate surface area is 219 Å². The van der Waals surface area contributed by atoms with Gasteiger partial charge in [-0.15, -0.1) is 0 Å². The molecule has 0 amide bonds. The second-order valence-corrected chi connectivity index (χ2v) is 10.2. The third kappa shape index (κ3) is 3.96. The molecule has 0 bridgehead atoms. The van der Waals surface area contributed by atoms with Crippen molar-refractivity contribution in [3.8, 4) is 22.9 Å². The number of aliphatic hydroxyl groups excluding tert-OH is 1. The van der Waals surface area contributed by atoms with Crippen LogP contribution in [0.1, 0.15) is 36.8 Å². The van der Waals surface area contributed by atoms with Crippen molar-refractivity contribution in [3.63, 3.8) is 0 Å². The van der Waals surface area contributed by atoms with Crippen LogP contribution in [0.5, 0.6) is 11.6 Å². The molecule has 1 saturated carbocycles. The molecule has 6 rings (SSSR count). The lowest BCUT2D eigenvalue weighted by atomic mass is 9.72. The normalized spacial score (nSPS) is 21.5. The maximum absolute atomic E-state index is 9.99. The van der Waals surface area contributed by atoms with Crippen LogP contribution in [0.2, 0.25) is 0 Å². The molecule has 2 N–H and O–H groups in total. The molecular weight excluding hydrogens is 494 g/mol. The number of benzene rings is 1. The number of aromatic nitrogens is 4. The highest BCUT2D eigenvalue weighted by Gasteiger charge is 2.63. The molecule has 10 nitrogen and oxygen atoms in total. The van der Waals surface area contributed by atoms with Gasteiger partial charge in [-0.05, 0) is 43.2 Å². The number of rotatable bonds is 7. The molecule has 1 aromatic carbocycles. The Bertz CT molecular complexity index is 1260. The van der Waals surface area contributed by atoms with Gasteiger partial charge in [0.1, 0.15) is 17.1 Å². The summed E-state index contributed by atoms with van der Waals surface area (Å²) in [7, 11) is 1.65. The number of H-pyrrole nitrogens is 1. The number of aliphatic hydroxyl groups is 1. The summed E-state index contributed by atoms with van der Waals surface area (Å²) >= 11 is 1.45. The summed E-state index contributed by atoms with van der Waals surface area (Å²) in [6.07, 6.45) is 7.23. The van der Waals surface area contributed by atoms with E-state index in [2.05, 4.69) is 10.2 Å². The van der Waals surface area contributed by atoms with Crippen molar-refractivity contribution < 1.29 is 24.1 Å². The maximum Gasteiger partial charge on any atom is 0.230 e. The zero-order valence-corrected chi connectivity index (χ0v) is 21.8. The number of aromatic amines is 1. The van der Waals surface area contributed by atoms with E-state index in [1.807, 2.05) is 41.6 Å². The molecule has 1 unspecified atom stereocenters. The molecule has 2 aliphatic heterocycles. The van der Waals surface area contributed by atoms with E-state index in [9.17, 15) is 5.11 Å². The van der Waals surface area contributed by atoms with Gasteiger partial charge in [-0.3, -0.25) is 5.10 Å². The van der Waals surface area contributed by atoms with Crippen LogP contribution >= 0.6 is 11.8 Å². The number of nitrogens with zero attached hydrogens (tertiary/aromatic N) is 4. The fourth-order valence-corrected chi connectivity index (χ4v) is 6.13. The molecule has 3 aromatic rings. The lowest BCUT2D eigenvalue weighted by Crippen LogP contribution is -2.59. The van der Waals surface area contributed by atoms with E-state index in [0.717, 1.165) is 53.8 Å². The Balaban J connectivity index is 1.48. The van der Waals surface area contributed by atoms with Crippen molar-refractivity contribution >= 4 is 17.6 Å². The fraction of sp³-hybridized carbons (Fsp3) is 0.500. The number of methoxy groups -OCH3 is 1. The number of hydrogen-bond donors (Lipinski definition) is 2. The molecule has 196 valence electrons. The van der Waals surface area contributed by atoms with Gasteiger partial charge in [0.2, 0.25) is 11.7 Å². The van der Waals surface area contributed by atoms with E-state index < -0.39 is 11.4 Å². The number of anilines is 1. The van der Waals surface area contributed by atoms with E-state index in [4.69, 9.17) is 28.9 Å². The molecule has 37 heavy (non-hydrogen) atoms. The van der Waals surface area contributed by atoms with Crippen LogP contribution in [-0.4, -0.2) is 70.8 Å². The molecule has 2 aromatic heterocycles. The van der Waals surface area contributed by atoms with Crippen LogP contribution in [0.4, 0.5) is 5.82 Å². The van der Waals surface area contributed by atoms with Gasteiger partial charge in [0.25, 0.3) is 0 Å². The first-order chi connectivity index (χ1) is 18.1. The summed E-state index contributed by atoms with van der Waals surface area (Å²) < 4.78 is 24.8. The van der Waals surface area contributed by atoms with Gasteiger partial charge in [0.15, 0.2) is 10.8 Å². The number of ether oxygens (including phenoxy) is 4. The Morgan fingerprint density at radius 1 is 1.14 bits per heavy atom. The van der Waals surface area contributed by atoms with Crippen LogP contribution < -0.4 is 14.4 Å². The van der Waals surface area contributed by atoms with Crippen molar-refractivity contribution in [2.75, 3.05) is 44.6 Å². The SMILES string of the molecule is COc1ccc(CN(CCO)c2nc(SC)nc3c2-c2[nH]ncc2C2(CCCCC24OCCO4)O3)cc1. The van der Waals surface area contributed by atoms with E-state index >= 15 is 0 Å². The third-order valence-electron chi connectivity index (χ3n) is 7.47. The van der Waals surface area contributed by atoms with Gasteiger partial charge < -0.3 is 29.0 Å². The monoisotopic (exact) mass is 525 g/mol. The Morgan fingerprint density at radius 2 is 1.92 bits per heavy atom. The standard InChI is InChI=1S/C26H31N5O5S/c1-33-18-7-5-17(6-8-18)16-31(11-12-32)22-20-21-19(15-27-30-21)25(36-23(20)29-24(28-22)37-2)9-3-4-10-26(25)34-13-14-35-26/h5-8,15,32H,3-4,9-14,16H2,1-2H3,(H,27,30). The van der Waals surface area contributed by atoms with Crippen molar-refractivity contribution in [1.29, 1.82) is 0 Å². The molecule has 2 spiro atoms. The number of hydrogen-bond acceptors (Lipinski definition) is 10. The lowest BCUT2D eigenvalue weighted by Gasteiger charge is -2.50. The van der Waals surface area contributed by atoms with Crippen molar-refractivity contribution in [1.82, 2.24) is 20.2 Å². The average Bonchev–Trinajstić information content (AvgIpc) is 3.61. The second kappa shape index (κ2) is 9.79. The minimum absolute atomic E-state index is 0.0328. The summed E-state index contributed by atoms with van der Waals surface area (Å²) in [5, 5.41) is 18.2. The zero-order valence-electron chi connectivity index (χ0n) is 21.0. The summed E-state index contributed by atoms with van der Waals surface area (Å²) in [4.78, 5) is 11.8. The zero-order chi connectivity index (χ0) is 25.5. The fourth-order valence-electron chi connectivity index (χ4n) is 5.78. The third-order valence-corrected chi connectivity index (χ3v) is 8.02. The predicted octanol–water partition coefficient (Wildman–Crippen LogP) is 3.50. The van der Waals surface area contributed by atoms with Crippen LogP contribution in [0, 0.1) is 0 Å². The molecule has 11 heteroatoms. The first-order valence-electron chi connectivity index (χ1n) is 12.6. The predicted molar refractivity (Wildman–Crippen MR) is 138 cm³/mol. The molecule has 1 saturated heterocycles. The highest BCUT2D eigenvalue weighted by Crippen LogP contribution is 2.58. The average molecular weight is 526 g/mol. The van der Waals surface area contributed by atoms with Gasteiger partial charge in [-0.1, -0.05) is 23.9 Å². The van der Waals surface area contributed by atoms with E-state index in [1.165, 1.54) is 11.8 Å². The lowest BCUT2D eigenvalue weighted by molar-refractivity contribution is -0.283. The van der Waals surface area contributed by atoms with E-state index in [1.54, 1.807) is 7.11 Å². The number of fused-ring (bicyclic) bond motifs is 5. The minimum atomic E-state index is -0.875. The molecule has 1 atom stereocenters. The maximum atomic E-state index is 9.99. The quantitative estimate of drug-likeness (QED) is 0.351. The van der Waals surface area contributed by atoms with Crippen LogP contribution in [0.25, 0.3) is 11.3 Å². The summed E-state index contributed by atoms with van der Waals surface area (Å²) in [6.45, 7) is 1.94. The Morgan fingerprint density at radius 3 is 2.65 bits per heavy atom. The van der Waals surface area contributed by atoms with E-state index in [-0.39, 0.29) is 6.61 Å². The summed E-state index contributed by atoms with van der Waals surface area (Å²) in [5.41, 5.74) is 2.65. The van der Waals surface area contributed by atoms with Crippen molar-refractivity contribution in [2.45, 2.75) is 48.8 Å². The first kappa shape index (κ1) is 24.5.